The molecule has 2 aromatic rings. The van der Waals surface area contributed by atoms with Gasteiger partial charge in [-0.1, -0.05) is 30.3 Å². The van der Waals surface area contributed by atoms with E-state index in [2.05, 4.69) is 34.5 Å². The summed E-state index contributed by atoms with van der Waals surface area (Å²) in [5.41, 5.74) is 2.62. The molecule has 1 aliphatic rings. The summed E-state index contributed by atoms with van der Waals surface area (Å²) in [7, 11) is -3.67. The van der Waals surface area contributed by atoms with E-state index >= 15 is 0 Å². The third kappa shape index (κ3) is 4.64. The monoisotopic (exact) mass is 389 g/mol. The van der Waals surface area contributed by atoms with Gasteiger partial charge in [0, 0.05) is 32.4 Å². The molecule has 0 aromatic heterocycles. The second kappa shape index (κ2) is 8.06. The zero-order valence-electron chi connectivity index (χ0n) is 15.2. The van der Waals surface area contributed by atoms with Gasteiger partial charge in [-0.15, -0.1) is 0 Å². The Labute approximate surface area is 159 Å². The molecular weight excluding hydrogens is 366 g/mol. The largest absolute Gasteiger partial charge is 0.379 e. The highest BCUT2D eigenvalue weighted by atomic mass is 32.2. The van der Waals surface area contributed by atoms with Crippen LogP contribution < -0.4 is 5.32 Å². The second-order valence-electron chi connectivity index (χ2n) is 6.76. The average Bonchev–Trinajstić information content (AvgIpc) is 2.64. The molecule has 7 nitrogen and oxygen atoms in total. The summed E-state index contributed by atoms with van der Waals surface area (Å²) >= 11 is 0. The maximum Gasteiger partial charge on any atom is 0.310 e. The zero-order valence-corrected chi connectivity index (χ0v) is 16.0. The van der Waals surface area contributed by atoms with Gasteiger partial charge in [0.1, 0.15) is 10.6 Å². The lowest BCUT2D eigenvalue weighted by Gasteiger charge is -2.28. The Hall–Kier alpha value is -2.45. The molecular formula is C19H23N3O4S. The van der Waals surface area contributed by atoms with Crippen molar-refractivity contribution in [3.63, 3.8) is 0 Å². The van der Waals surface area contributed by atoms with Gasteiger partial charge in [-0.2, -0.15) is 0 Å². The third-order valence-electron chi connectivity index (χ3n) is 4.76. The van der Waals surface area contributed by atoms with E-state index in [1.54, 1.807) is 6.07 Å². The number of hydrogen-bond donors (Lipinski definition) is 1. The predicted molar refractivity (Wildman–Crippen MR) is 105 cm³/mol. The molecule has 144 valence electrons. The maximum atomic E-state index is 11.8. The number of fused-ring (bicyclic) bond motifs is 1. The summed E-state index contributed by atoms with van der Waals surface area (Å²) in [6.07, 6.45) is 2.82. The molecule has 0 bridgehead atoms. The van der Waals surface area contributed by atoms with Crippen LogP contribution in [0.15, 0.2) is 47.4 Å². The quantitative estimate of drug-likeness (QED) is 0.445. The Kier molecular flexibility index (Phi) is 5.76. The highest BCUT2D eigenvalue weighted by molar-refractivity contribution is 7.90. The minimum atomic E-state index is -3.67. The lowest BCUT2D eigenvalue weighted by molar-refractivity contribution is -0.386. The van der Waals surface area contributed by atoms with Crippen LogP contribution in [-0.2, 0) is 22.8 Å². The number of nitro groups is 1. The number of nitrogens with zero attached hydrogens (tertiary/aromatic N) is 2. The highest BCUT2D eigenvalue weighted by Crippen LogP contribution is 2.31. The van der Waals surface area contributed by atoms with Crippen LogP contribution in [0.1, 0.15) is 17.5 Å². The Morgan fingerprint density at radius 2 is 1.89 bits per heavy atom. The molecule has 0 radical (unpaired) electrons. The van der Waals surface area contributed by atoms with E-state index in [9.17, 15) is 18.5 Å². The molecule has 0 unspecified atom stereocenters. The first-order valence-corrected chi connectivity index (χ1v) is 10.8. The van der Waals surface area contributed by atoms with Crippen molar-refractivity contribution in [2.45, 2.75) is 24.3 Å². The Morgan fingerprint density at radius 3 is 2.59 bits per heavy atom. The first kappa shape index (κ1) is 19.3. The van der Waals surface area contributed by atoms with E-state index in [4.69, 9.17) is 0 Å². The number of nitro benzene ring substituents is 1. The van der Waals surface area contributed by atoms with E-state index in [0.717, 1.165) is 38.7 Å². The Bertz CT molecular complexity index is 944. The van der Waals surface area contributed by atoms with Crippen molar-refractivity contribution < 1.29 is 13.3 Å². The lowest BCUT2D eigenvalue weighted by Crippen LogP contribution is -2.32. The van der Waals surface area contributed by atoms with E-state index in [-0.39, 0.29) is 16.3 Å². The molecule has 0 spiro atoms. The molecule has 0 atom stereocenters. The highest BCUT2D eigenvalue weighted by Gasteiger charge is 2.25. The minimum absolute atomic E-state index is 0.243. The van der Waals surface area contributed by atoms with Crippen molar-refractivity contribution in [3.05, 3.63) is 63.7 Å². The van der Waals surface area contributed by atoms with Crippen LogP contribution >= 0.6 is 0 Å². The van der Waals surface area contributed by atoms with E-state index in [1.807, 2.05) is 0 Å². The summed E-state index contributed by atoms with van der Waals surface area (Å²) < 4.78 is 23.6. The molecule has 0 saturated carbocycles. The number of rotatable bonds is 7. The van der Waals surface area contributed by atoms with Crippen LogP contribution in [0.25, 0.3) is 0 Å². The summed E-state index contributed by atoms with van der Waals surface area (Å²) in [6.45, 7) is 3.33. The van der Waals surface area contributed by atoms with Crippen LogP contribution in [0, 0.1) is 10.1 Å². The van der Waals surface area contributed by atoms with Gasteiger partial charge in [0.15, 0.2) is 9.84 Å². The smallest absolute Gasteiger partial charge is 0.310 e. The summed E-state index contributed by atoms with van der Waals surface area (Å²) in [5.74, 6) is 0. The topological polar surface area (TPSA) is 92.6 Å². The molecule has 1 heterocycles. The van der Waals surface area contributed by atoms with Gasteiger partial charge in [-0.05, 0) is 36.1 Å². The van der Waals surface area contributed by atoms with Crippen molar-refractivity contribution in [2.24, 2.45) is 0 Å². The second-order valence-corrected chi connectivity index (χ2v) is 8.74. The van der Waals surface area contributed by atoms with Crippen LogP contribution in [0.3, 0.4) is 0 Å². The lowest BCUT2D eigenvalue weighted by atomic mass is 10.00. The van der Waals surface area contributed by atoms with Crippen LogP contribution in [0.2, 0.25) is 0 Å². The molecule has 3 rings (SSSR count). The molecule has 1 N–H and O–H groups in total. The normalized spacial score (nSPS) is 14.6. The first-order valence-electron chi connectivity index (χ1n) is 8.87. The molecule has 2 aromatic carbocycles. The van der Waals surface area contributed by atoms with Gasteiger partial charge >= 0.3 is 5.69 Å². The molecule has 0 amide bonds. The minimum Gasteiger partial charge on any atom is -0.379 e. The van der Waals surface area contributed by atoms with Crippen molar-refractivity contribution in [1.82, 2.24) is 4.90 Å². The van der Waals surface area contributed by atoms with Crippen molar-refractivity contribution in [3.8, 4) is 0 Å². The maximum absolute atomic E-state index is 11.8. The van der Waals surface area contributed by atoms with E-state index in [0.29, 0.717) is 6.54 Å². The van der Waals surface area contributed by atoms with E-state index in [1.165, 1.54) is 23.3 Å². The van der Waals surface area contributed by atoms with Crippen LogP contribution in [0.5, 0.6) is 0 Å². The van der Waals surface area contributed by atoms with Gasteiger partial charge in [0.05, 0.1) is 4.92 Å². The molecule has 0 aliphatic carbocycles. The van der Waals surface area contributed by atoms with Gasteiger partial charge < -0.3 is 5.32 Å². The number of hydrogen-bond acceptors (Lipinski definition) is 6. The Morgan fingerprint density at radius 1 is 1.15 bits per heavy atom. The van der Waals surface area contributed by atoms with Crippen molar-refractivity contribution >= 4 is 21.2 Å². The fourth-order valence-corrected chi connectivity index (χ4v) is 4.28. The predicted octanol–water partition coefficient (Wildman–Crippen LogP) is 2.86. The number of para-hydroxylation sites is 1. The molecule has 27 heavy (non-hydrogen) atoms. The number of anilines is 1. The fourth-order valence-electron chi connectivity index (χ4n) is 3.42. The standard InChI is InChI=1S/C19H23N3O4S/c1-27(25,26)18-9-4-8-17(19(18)22(23)24)20-11-5-12-21-13-10-15-6-2-3-7-16(15)14-21/h2-4,6-9,20H,5,10-14H2,1H3. The number of nitrogens with one attached hydrogen (secondary N) is 1. The van der Waals surface area contributed by atoms with Crippen molar-refractivity contribution in [2.75, 3.05) is 31.2 Å². The molecule has 8 heteroatoms. The third-order valence-corrected chi connectivity index (χ3v) is 5.89. The first-order chi connectivity index (χ1) is 12.9. The zero-order chi connectivity index (χ0) is 19.4. The van der Waals surface area contributed by atoms with Crippen LogP contribution in [0.4, 0.5) is 11.4 Å². The Balaban J connectivity index is 1.59. The van der Waals surface area contributed by atoms with Crippen LogP contribution in [-0.4, -0.2) is 44.1 Å². The van der Waals surface area contributed by atoms with Gasteiger partial charge in [0.2, 0.25) is 0 Å². The average molecular weight is 389 g/mol. The number of benzene rings is 2. The SMILES string of the molecule is CS(=O)(=O)c1cccc(NCCCN2CCc3ccccc3C2)c1[N+](=O)[O-]. The fraction of sp³-hybridized carbons (Fsp3) is 0.368. The van der Waals surface area contributed by atoms with Gasteiger partial charge in [-0.25, -0.2) is 8.42 Å². The number of sulfone groups is 1. The summed E-state index contributed by atoms with van der Waals surface area (Å²) in [4.78, 5) is 12.8. The molecule has 0 saturated heterocycles. The molecule has 0 fully saturated rings. The molecule has 1 aliphatic heterocycles. The van der Waals surface area contributed by atoms with Gasteiger partial charge in [0.25, 0.3) is 0 Å². The van der Waals surface area contributed by atoms with Gasteiger partial charge in [-0.3, -0.25) is 15.0 Å². The van der Waals surface area contributed by atoms with E-state index < -0.39 is 14.8 Å². The summed E-state index contributed by atoms with van der Waals surface area (Å²) in [6, 6.07) is 12.8. The van der Waals surface area contributed by atoms with Crippen molar-refractivity contribution in [1.29, 1.82) is 0 Å². The summed E-state index contributed by atoms with van der Waals surface area (Å²) in [5, 5.41) is 14.4.